The highest BCUT2D eigenvalue weighted by Gasteiger charge is 2.26. The molecule has 0 fully saturated rings. The van der Waals surface area contributed by atoms with Gasteiger partial charge in [-0.3, -0.25) is 0 Å². The van der Waals surface area contributed by atoms with Crippen LogP contribution in [0.2, 0.25) is 0 Å². The van der Waals surface area contributed by atoms with Gasteiger partial charge in [-0.15, -0.1) is 0 Å². The van der Waals surface area contributed by atoms with Crippen LogP contribution in [0.15, 0.2) is 0 Å². The first kappa shape index (κ1) is 49.4. The van der Waals surface area contributed by atoms with Gasteiger partial charge in [0.25, 0.3) is 0 Å². The fourth-order valence-electron chi connectivity index (χ4n) is 4.33. The van der Waals surface area contributed by atoms with Crippen molar-refractivity contribution in [3.05, 3.63) is 55.6 Å². The van der Waals surface area contributed by atoms with Crippen LogP contribution in [0.4, 0.5) is 0 Å². The molecule has 0 saturated carbocycles. The average molecular weight is 533 g/mol. The summed E-state index contributed by atoms with van der Waals surface area (Å²) in [5.41, 5.74) is 18.2. The van der Waals surface area contributed by atoms with E-state index in [1.807, 2.05) is 111 Å². The highest BCUT2D eigenvalue weighted by atomic mass is 14.3. The molecular weight excluding hydrogens is 456 g/mol. The molecule has 0 aromatic heterocycles. The van der Waals surface area contributed by atoms with Gasteiger partial charge >= 0.3 is 0 Å². The Kier molecular flexibility index (Phi) is 41.1. The Hall–Kier alpha value is -1.56. The predicted octanol–water partition coefficient (Wildman–Crippen LogP) is 14.1. The second-order valence-corrected chi connectivity index (χ2v) is 7.21. The summed E-state index contributed by atoms with van der Waals surface area (Å²) in [7, 11) is 0. The number of rotatable bonds is 0. The Morgan fingerprint density at radius 2 is 0.395 bits per heavy atom. The van der Waals surface area contributed by atoms with Crippen molar-refractivity contribution in [2.75, 3.05) is 0 Å². The number of fused-ring (bicyclic) bond motifs is 3. The van der Waals surface area contributed by atoms with E-state index in [1.54, 1.807) is 22.3 Å². The minimum absolute atomic E-state index is 1.19. The van der Waals surface area contributed by atoms with Gasteiger partial charge in [0, 0.05) is 0 Å². The van der Waals surface area contributed by atoms with E-state index in [9.17, 15) is 0 Å². The van der Waals surface area contributed by atoms with Crippen molar-refractivity contribution in [1.82, 2.24) is 0 Å². The number of hydrogen-bond acceptors (Lipinski definition) is 0. The maximum Gasteiger partial charge on any atom is -0.0111 e. The quantitative estimate of drug-likeness (QED) is 0.316. The van der Waals surface area contributed by atoms with E-state index >= 15 is 0 Å². The Balaban J connectivity index is -0.000000138. The van der Waals surface area contributed by atoms with Crippen molar-refractivity contribution in [1.29, 1.82) is 0 Å². The minimum Gasteiger partial charge on any atom is -0.0683 e. The maximum absolute atomic E-state index is 2.32. The van der Waals surface area contributed by atoms with E-state index in [2.05, 4.69) is 55.4 Å². The highest BCUT2D eigenvalue weighted by Crippen LogP contribution is 2.44. The average Bonchev–Trinajstić information content (AvgIpc) is 3.03. The van der Waals surface area contributed by atoms with Gasteiger partial charge in [0.2, 0.25) is 0 Å². The van der Waals surface area contributed by atoms with Crippen molar-refractivity contribution in [3.8, 4) is 11.1 Å². The van der Waals surface area contributed by atoms with Gasteiger partial charge in [0.1, 0.15) is 0 Å². The van der Waals surface area contributed by atoms with Gasteiger partial charge in [-0.2, -0.15) is 0 Å². The lowest BCUT2D eigenvalue weighted by molar-refractivity contribution is 0.901. The third-order valence-corrected chi connectivity index (χ3v) is 6.51. The lowest BCUT2D eigenvalue weighted by Gasteiger charge is -2.31. The Morgan fingerprint density at radius 3 is 0.579 bits per heavy atom. The van der Waals surface area contributed by atoms with Gasteiger partial charge in [0.15, 0.2) is 0 Å². The fraction of sp³-hybridized carbons (Fsp3) is 0.684. The second kappa shape index (κ2) is 31.7. The van der Waals surface area contributed by atoms with E-state index < -0.39 is 0 Å². The lowest BCUT2D eigenvalue weighted by Crippen LogP contribution is -2.14. The zero-order valence-electron chi connectivity index (χ0n) is 31.4. The molecule has 38 heavy (non-hydrogen) atoms. The van der Waals surface area contributed by atoms with Crippen LogP contribution in [0.25, 0.3) is 11.1 Å². The molecule has 0 aliphatic heterocycles. The summed E-state index contributed by atoms with van der Waals surface area (Å²) in [5, 5.41) is 0. The molecule has 0 saturated heterocycles. The molecule has 0 radical (unpaired) electrons. The summed E-state index contributed by atoms with van der Waals surface area (Å²) in [6.07, 6.45) is 2.39. The summed E-state index contributed by atoms with van der Waals surface area (Å²) in [6.45, 7) is 50.4. The minimum atomic E-state index is 1.19. The Labute approximate surface area is 245 Å². The Bertz CT molecular complexity index is 735. The molecule has 0 nitrogen and oxygen atoms in total. The van der Waals surface area contributed by atoms with Crippen molar-refractivity contribution < 1.29 is 0 Å². The standard InChI is InChI=1S/C22H28.8C2H6/c1-11-13(3)17(7)21-19(15(11)5)9-10-20-16(6)12(2)14(4)18(8)22(20)21;8*1-2/h9-10H2,1-8H3;8*1-2H3. The highest BCUT2D eigenvalue weighted by molar-refractivity contribution is 5.83. The summed E-state index contributed by atoms with van der Waals surface area (Å²) in [5.74, 6) is 0. The molecule has 1 aliphatic carbocycles. The maximum atomic E-state index is 2.32. The van der Waals surface area contributed by atoms with Crippen LogP contribution >= 0.6 is 0 Å². The van der Waals surface area contributed by atoms with E-state index in [0.29, 0.717) is 0 Å². The van der Waals surface area contributed by atoms with Gasteiger partial charge in [-0.1, -0.05) is 111 Å². The third-order valence-electron chi connectivity index (χ3n) is 6.51. The van der Waals surface area contributed by atoms with Crippen LogP contribution in [0.5, 0.6) is 0 Å². The summed E-state index contributed by atoms with van der Waals surface area (Å²) in [4.78, 5) is 0. The Morgan fingerprint density at radius 1 is 0.237 bits per heavy atom. The molecule has 0 atom stereocenters. The zero-order chi connectivity index (χ0) is 32.3. The molecule has 2 aromatic carbocycles. The van der Waals surface area contributed by atoms with Crippen LogP contribution in [0.1, 0.15) is 166 Å². The molecule has 228 valence electrons. The molecule has 1 aliphatic rings. The van der Waals surface area contributed by atoms with Crippen molar-refractivity contribution >= 4 is 0 Å². The molecule has 0 unspecified atom stereocenters. The normalized spacial score (nSPS) is 8.84. The van der Waals surface area contributed by atoms with Crippen molar-refractivity contribution in [2.24, 2.45) is 0 Å². The fourth-order valence-corrected chi connectivity index (χ4v) is 4.33. The van der Waals surface area contributed by atoms with Crippen LogP contribution < -0.4 is 0 Å². The topological polar surface area (TPSA) is 0 Å². The zero-order valence-corrected chi connectivity index (χ0v) is 31.4. The van der Waals surface area contributed by atoms with Gasteiger partial charge in [-0.25, -0.2) is 0 Å². The molecule has 0 heteroatoms. The predicted molar refractivity (Wildman–Crippen MR) is 188 cm³/mol. The van der Waals surface area contributed by atoms with Crippen molar-refractivity contribution in [2.45, 2.75) is 179 Å². The first-order chi connectivity index (χ1) is 18.3. The summed E-state index contributed by atoms with van der Waals surface area (Å²) in [6, 6.07) is 0. The van der Waals surface area contributed by atoms with E-state index in [4.69, 9.17) is 0 Å². The largest absolute Gasteiger partial charge is 0.0683 e. The molecule has 0 heterocycles. The molecule has 0 bridgehead atoms. The first-order valence-corrected chi connectivity index (χ1v) is 16.5. The molecule has 3 rings (SSSR count). The molecule has 2 aromatic rings. The lowest BCUT2D eigenvalue weighted by atomic mass is 9.74. The van der Waals surface area contributed by atoms with Crippen LogP contribution in [-0.2, 0) is 12.8 Å². The van der Waals surface area contributed by atoms with Crippen LogP contribution in [0.3, 0.4) is 0 Å². The first-order valence-electron chi connectivity index (χ1n) is 16.5. The molecule has 0 amide bonds. The van der Waals surface area contributed by atoms with E-state index in [-0.39, 0.29) is 0 Å². The smallest absolute Gasteiger partial charge is 0.0111 e. The number of hydrogen-bond donors (Lipinski definition) is 0. The van der Waals surface area contributed by atoms with E-state index in [0.717, 1.165) is 0 Å². The molecule has 0 N–H and O–H groups in total. The summed E-state index contributed by atoms with van der Waals surface area (Å²) >= 11 is 0. The van der Waals surface area contributed by atoms with Gasteiger partial charge < -0.3 is 0 Å². The molecular formula is C38H76. The number of benzene rings is 2. The van der Waals surface area contributed by atoms with Crippen molar-refractivity contribution in [3.63, 3.8) is 0 Å². The summed E-state index contributed by atoms with van der Waals surface area (Å²) < 4.78 is 0. The monoisotopic (exact) mass is 533 g/mol. The van der Waals surface area contributed by atoms with Crippen LogP contribution in [-0.4, -0.2) is 0 Å². The van der Waals surface area contributed by atoms with Crippen LogP contribution in [0, 0.1) is 55.4 Å². The third kappa shape index (κ3) is 12.5. The SMILES string of the molecule is CC.CC.CC.CC.CC.CC.CC.CC.Cc1c(C)c(C)c2c(c1C)CCc1c(C)c(C)c(C)c(C)c1-2. The van der Waals surface area contributed by atoms with Gasteiger partial charge in [-0.05, 0) is 135 Å². The second-order valence-electron chi connectivity index (χ2n) is 7.21. The molecule has 0 spiro atoms. The van der Waals surface area contributed by atoms with Gasteiger partial charge in [0.05, 0.1) is 0 Å². The van der Waals surface area contributed by atoms with E-state index in [1.165, 1.54) is 57.3 Å².